The summed E-state index contributed by atoms with van der Waals surface area (Å²) in [6.45, 7) is 2.69. The zero-order chi connectivity index (χ0) is 20.5. The monoisotopic (exact) mass is 393 g/mol. The van der Waals surface area contributed by atoms with Gasteiger partial charge < -0.3 is 19.7 Å². The lowest BCUT2D eigenvalue weighted by molar-refractivity contribution is -0.143. The summed E-state index contributed by atoms with van der Waals surface area (Å²) in [7, 11) is 1.85. The second-order valence-corrected chi connectivity index (χ2v) is 7.33. The van der Waals surface area contributed by atoms with E-state index in [2.05, 4.69) is 17.0 Å². The minimum atomic E-state index is -1.02. The van der Waals surface area contributed by atoms with Gasteiger partial charge in [0.15, 0.2) is 0 Å². The third kappa shape index (κ3) is 3.56. The maximum absolute atomic E-state index is 12.2. The van der Waals surface area contributed by atoms with Gasteiger partial charge in [-0.2, -0.15) is 0 Å². The van der Waals surface area contributed by atoms with Gasteiger partial charge in [0.25, 0.3) is 0 Å². The Kier molecular flexibility index (Phi) is 4.98. The molecule has 1 aromatic heterocycles. The molecule has 7 heteroatoms. The quantitative estimate of drug-likeness (QED) is 0.693. The molecule has 0 radical (unpaired) electrons. The van der Waals surface area contributed by atoms with Crippen LogP contribution in [-0.2, 0) is 11.8 Å². The number of anilines is 1. The number of benzene rings is 2. The van der Waals surface area contributed by atoms with Crippen LogP contribution in [-0.4, -0.2) is 57.8 Å². The number of carboxylic acids is 2. The number of para-hydroxylation sites is 1. The molecular formula is C22H23N3O4. The van der Waals surface area contributed by atoms with Gasteiger partial charge in [-0.15, -0.1) is 0 Å². The first-order valence-corrected chi connectivity index (χ1v) is 9.55. The SMILES string of the molecule is Cn1cc(C(C(=O)O)N2CCN(c3ccccc3)CC2)c2cc(C(=O)O)ccc21. The van der Waals surface area contributed by atoms with Crippen molar-refractivity contribution in [2.75, 3.05) is 31.1 Å². The van der Waals surface area contributed by atoms with Crippen molar-refractivity contribution < 1.29 is 19.8 Å². The van der Waals surface area contributed by atoms with Crippen LogP contribution in [0.5, 0.6) is 0 Å². The van der Waals surface area contributed by atoms with Crippen molar-refractivity contribution in [1.29, 1.82) is 0 Å². The van der Waals surface area contributed by atoms with E-state index in [-0.39, 0.29) is 5.56 Å². The van der Waals surface area contributed by atoms with E-state index >= 15 is 0 Å². The molecule has 29 heavy (non-hydrogen) atoms. The Bertz CT molecular complexity index is 1050. The van der Waals surface area contributed by atoms with E-state index < -0.39 is 18.0 Å². The van der Waals surface area contributed by atoms with Gasteiger partial charge in [0.1, 0.15) is 6.04 Å². The molecule has 1 fully saturated rings. The number of rotatable bonds is 5. The molecule has 1 atom stereocenters. The van der Waals surface area contributed by atoms with Crippen LogP contribution in [0.25, 0.3) is 10.9 Å². The molecule has 1 aliphatic rings. The van der Waals surface area contributed by atoms with Gasteiger partial charge in [0.2, 0.25) is 0 Å². The highest BCUT2D eigenvalue weighted by atomic mass is 16.4. The third-order valence-corrected chi connectivity index (χ3v) is 5.60. The normalized spacial score (nSPS) is 16.1. The number of fused-ring (bicyclic) bond motifs is 1. The molecule has 0 aliphatic carbocycles. The molecular weight excluding hydrogens is 370 g/mol. The van der Waals surface area contributed by atoms with Crippen LogP contribution in [0.3, 0.4) is 0 Å². The van der Waals surface area contributed by atoms with Gasteiger partial charge in [-0.25, -0.2) is 4.79 Å². The van der Waals surface area contributed by atoms with E-state index in [1.54, 1.807) is 24.4 Å². The second-order valence-electron chi connectivity index (χ2n) is 7.33. The van der Waals surface area contributed by atoms with Crippen LogP contribution in [0.15, 0.2) is 54.7 Å². The topological polar surface area (TPSA) is 86.0 Å². The first-order valence-electron chi connectivity index (χ1n) is 9.55. The maximum atomic E-state index is 12.2. The highest BCUT2D eigenvalue weighted by molar-refractivity contribution is 5.96. The highest BCUT2D eigenvalue weighted by Gasteiger charge is 2.32. The average Bonchev–Trinajstić information content (AvgIpc) is 3.05. The lowest BCUT2D eigenvalue weighted by atomic mass is 10.0. The van der Waals surface area contributed by atoms with E-state index in [9.17, 15) is 19.8 Å². The summed E-state index contributed by atoms with van der Waals surface area (Å²) in [5.74, 6) is -1.95. The minimum Gasteiger partial charge on any atom is -0.480 e. The number of carboxylic acid groups (broad SMARTS) is 2. The van der Waals surface area contributed by atoms with Crippen LogP contribution >= 0.6 is 0 Å². The van der Waals surface area contributed by atoms with Crippen molar-refractivity contribution >= 4 is 28.5 Å². The molecule has 1 aliphatic heterocycles. The summed E-state index contributed by atoms with van der Waals surface area (Å²) >= 11 is 0. The van der Waals surface area contributed by atoms with Crippen LogP contribution in [0.2, 0.25) is 0 Å². The van der Waals surface area contributed by atoms with Crippen molar-refractivity contribution in [3.8, 4) is 0 Å². The van der Waals surface area contributed by atoms with E-state index in [0.717, 1.165) is 24.3 Å². The third-order valence-electron chi connectivity index (χ3n) is 5.60. The fourth-order valence-electron chi connectivity index (χ4n) is 4.14. The smallest absolute Gasteiger partial charge is 0.335 e. The Morgan fingerprint density at radius 3 is 2.28 bits per heavy atom. The van der Waals surface area contributed by atoms with E-state index in [0.29, 0.717) is 24.0 Å². The molecule has 2 heterocycles. The summed E-state index contributed by atoms with van der Waals surface area (Å²) in [5.41, 5.74) is 2.74. The predicted octanol–water partition coefficient (Wildman–Crippen LogP) is 2.82. The van der Waals surface area contributed by atoms with Crippen molar-refractivity contribution in [2.45, 2.75) is 6.04 Å². The maximum Gasteiger partial charge on any atom is 0.335 e. The molecule has 2 aromatic carbocycles. The molecule has 1 saturated heterocycles. The standard InChI is InChI=1S/C22H23N3O4/c1-23-14-18(17-13-15(21(26)27)7-8-19(17)23)20(22(28)29)25-11-9-24(10-12-25)16-5-3-2-4-6-16/h2-8,13-14,20H,9-12H2,1H3,(H,26,27)(H,28,29). The zero-order valence-corrected chi connectivity index (χ0v) is 16.2. The largest absolute Gasteiger partial charge is 0.480 e. The number of hydrogen-bond acceptors (Lipinski definition) is 4. The minimum absolute atomic E-state index is 0.156. The van der Waals surface area contributed by atoms with Crippen molar-refractivity contribution in [3.63, 3.8) is 0 Å². The molecule has 3 aromatic rings. The number of nitrogens with zero attached hydrogens (tertiary/aromatic N) is 3. The Morgan fingerprint density at radius 2 is 1.66 bits per heavy atom. The van der Waals surface area contributed by atoms with E-state index in [4.69, 9.17) is 0 Å². The summed E-state index contributed by atoms with van der Waals surface area (Å²) in [4.78, 5) is 27.9. The Balaban J connectivity index is 1.64. The predicted molar refractivity (Wildman–Crippen MR) is 110 cm³/mol. The molecule has 2 N–H and O–H groups in total. The molecule has 0 amide bonds. The zero-order valence-electron chi connectivity index (χ0n) is 16.2. The average molecular weight is 393 g/mol. The summed E-state index contributed by atoms with van der Waals surface area (Å²) in [6, 6.07) is 14.1. The number of aliphatic carboxylic acids is 1. The van der Waals surface area contributed by atoms with Crippen molar-refractivity contribution in [2.24, 2.45) is 7.05 Å². The van der Waals surface area contributed by atoms with Gasteiger partial charge in [-0.3, -0.25) is 9.69 Å². The lowest BCUT2D eigenvalue weighted by Gasteiger charge is -2.38. The van der Waals surface area contributed by atoms with Gasteiger partial charge in [0, 0.05) is 61.6 Å². The lowest BCUT2D eigenvalue weighted by Crippen LogP contribution is -2.49. The fourth-order valence-corrected chi connectivity index (χ4v) is 4.14. The van der Waals surface area contributed by atoms with Gasteiger partial charge >= 0.3 is 11.9 Å². The Hall–Kier alpha value is -3.32. The molecule has 7 nitrogen and oxygen atoms in total. The van der Waals surface area contributed by atoms with E-state index in [1.165, 1.54) is 0 Å². The number of hydrogen-bond donors (Lipinski definition) is 2. The summed E-state index contributed by atoms with van der Waals surface area (Å²) in [5, 5.41) is 20.0. The molecule has 1 unspecified atom stereocenters. The highest BCUT2D eigenvalue weighted by Crippen LogP contribution is 2.32. The number of aromatic nitrogens is 1. The molecule has 0 bridgehead atoms. The first-order chi connectivity index (χ1) is 14.0. The number of piperazine rings is 1. The van der Waals surface area contributed by atoms with E-state index in [1.807, 2.05) is 34.7 Å². The van der Waals surface area contributed by atoms with Crippen molar-refractivity contribution in [3.05, 3.63) is 65.9 Å². The first kappa shape index (κ1) is 19.0. The Morgan fingerprint density at radius 1 is 0.966 bits per heavy atom. The second kappa shape index (κ2) is 7.60. The number of carbonyl (C=O) groups is 2. The summed E-state index contributed by atoms with van der Waals surface area (Å²) in [6.07, 6.45) is 1.80. The fraction of sp³-hybridized carbons (Fsp3) is 0.273. The van der Waals surface area contributed by atoms with Gasteiger partial charge in [-0.05, 0) is 30.3 Å². The Labute approximate surface area is 168 Å². The molecule has 4 rings (SSSR count). The van der Waals surface area contributed by atoms with Gasteiger partial charge in [0.05, 0.1) is 5.56 Å². The van der Waals surface area contributed by atoms with Crippen LogP contribution in [0.1, 0.15) is 22.0 Å². The number of aromatic carboxylic acids is 1. The number of aryl methyl sites for hydroxylation is 1. The van der Waals surface area contributed by atoms with Gasteiger partial charge in [-0.1, -0.05) is 18.2 Å². The summed E-state index contributed by atoms with van der Waals surface area (Å²) < 4.78 is 1.85. The molecule has 150 valence electrons. The molecule has 0 saturated carbocycles. The van der Waals surface area contributed by atoms with Crippen molar-refractivity contribution in [1.82, 2.24) is 9.47 Å². The molecule has 0 spiro atoms. The van der Waals surface area contributed by atoms with Crippen LogP contribution in [0.4, 0.5) is 5.69 Å². The van der Waals surface area contributed by atoms with Crippen LogP contribution < -0.4 is 4.90 Å². The van der Waals surface area contributed by atoms with Crippen LogP contribution in [0, 0.1) is 0 Å².